The molecule has 1 heterocycles. The molecule has 0 bridgehead atoms. The number of amides is 2. The minimum atomic E-state index is -0.551. The fourth-order valence-electron chi connectivity index (χ4n) is 2.53. The van der Waals surface area contributed by atoms with E-state index in [2.05, 4.69) is 20.9 Å². The van der Waals surface area contributed by atoms with Crippen molar-refractivity contribution in [3.8, 4) is 0 Å². The molecule has 0 spiro atoms. The molecule has 0 aliphatic carbocycles. The molecule has 28 heavy (non-hydrogen) atoms. The quantitative estimate of drug-likeness (QED) is 0.399. The van der Waals surface area contributed by atoms with Crippen LogP contribution in [0.25, 0.3) is 0 Å². The molecular formula is C19H28FN5O3. The summed E-state index contributed by atoms with van der Waals surface area (Å²) in [6.07, 6.45) is -0.329. The molecule has 2 amide bonds. The molecule has 0 radical (unpaired) electrons. The van der Waals surface area contributed by atoms with Crippen LogP contribution in [0.3, 0.4) is 0 Å². The third-order valence-corrected chi connectivity index (χ3v) is 3.92. The number of nitrogens with zero attached hydrogens (tertiary/aromatic N) is 2. The van der Waals surface area contributed by atoms with Crippen molar-refractivity contribution < 1.29 is 18.7 Å². The van der Waals surface area contributed by atoms with Gasteiger partial charge in [-0.15, -0.1) is 0 Å². The average Bonchev–Trinajstić information content (AvgIpc) is 2.57. The van der Waals surface area contributed by atoms with Gasteiger partial charge >= 0.3 is 6.09 Å². The lowest BCUT2D eigenvalue weighted by molar-refractivity contribution is 0.00701. The van der Waals surface area contributed by atoms with Gasteiger partial charge in [-0.2, -0.15) is 0 Å². The standard InChI is InChI=1S/C19H28FN5O3/c1-19(2,3)28-18(27)25-11-13(12-25)24-17(21-4)23-10-9-22-16(26)14-7-5-6-8-15(14)20/h5-8,13H,9-12H2,1-4H3,(H,22,26)(H2,21,23,24). The Morgan fingerprint density at radius 1 is 1.21 bits per heavy atom. The summed E-state index contributed by atoms with van der Waals surface area (Å²) in [5, 5.41) is 8.92. The van der Waals surface area contributed by atoms with E-state index in [0.717, 1.165) is 0 Å². The number of carbonyl (C=O) groups is 2. The van der Waals surface area contributed by atoms with E-state index in [1.165, 1.54) is 18.2 Å². The van der Waals surface area contributed by atoms with E-state index in [4.69, 9.17) is 4.74 Å². The predicted molar refractivity (Wildman–Crippen MR) is 105 cm³/mol. The second-order valence-electron chi connectivity index (χ2n) is 7.46. The minimum absolute atomic E-state index is 0.0155. The first-order valence-electron chi connectivity index (χ1n) is 9.17. The first kappa shape index (κ1) is 21.5. The van der Waals surface area contributed by atoms with Gasteiger partial charge in [0.2, 0.25) is 0 Å². The summed E-state index contributed by atoms with van der Waals surface area (Å²) in [5.41, 5.74) is -0.498. The van der Waals surface area contributed by atoms with Crippen LogP contribution in [0.4, 0.5) is 9.18 Å². The molecule has 1 aliphatic heterocycles. The lowest BCUT2D eigenvalue weighted by Gasteiger charge is -2.40. The Kier molecular flexibility index (Phi) is 7.19. The summed E-state index contributed by atoms with van der Waals surface area (Å²) < 4.78 is 18.9. The third kappa shape index (κ3) is 6.40. The van der Waals surface area contributed by atoms with Gasteiger partial charge in [0.25, 0.3) is 5.91 Å². The highest BCUT2D eigenvalue weighted by atomic mass is 19.1. The molecule has 2 rings (SSSR count). The average molecular weight is 393 g/mol. The maximum atomic E-state index is 13.6. The van der Waals surface area contributed by atoms with Gasteiger partial charge in [0, 0.05) is 33.2 Å². The van der Waals surface area contributed by atoms with Crippen LogP contribution in [0, 0.1) is 5.82 Å². The fourth-order valence-corrected chi connectivity index (χ4v) is 2.53. The Balaban J connectivity index is 1.66. The first-order valence-corrected chi connectivity index (χ1v) is 9.17. The number of likely N-dealkylation sites (tertiary alicyclic amines) is 1. The Labute approximate surface area is 164 Å². The summed E-state index contributed by atoms with van der Waals surface area (Å²) in [4.78, 5) is 29.6. The van der Waals surface area contributed by atoms with Crippen molar-refractivity contribution in [1.29, 1.82) is 0 Å². The number of carbonyl (C=O) groups excluding carboxylic acids is 2. The van der Waals surface area contributed by atoms with E-state index in [0.29, 0.717) is 32.1 Å². The zero-order valence-corrected chi connectivity index (χ0v) is 16.7. The second kappa shape index (κ2) is 9.38. The van der Waals surface area contributed by atoms with Crippen LogP contribution in [0.2, 0.25) is 0 Å². The lowest BCUT2D eigenvalue weighted by atomic mass is 10.1. The summed E-state index contributed by atoms with van der Waals surface area (Å²) in [5.74, 6) is -0.450. The monoisotopic (exact) mass is 393 g/mol. The number of hydrogen-bond acceptors (Lipinski definition) is 4. The smallest absolute Gasteiger partial charge is 0.410 e. The molecule has 9 heteroatoms. The Bertz CT molecular complexity index is 727. The maximum Gasteiger partial charge on any atom is 0.410 e. The van der Waals surface area contributed by atoms with Crippen LogP contribution in [-0.2, 0) is 4.74 Å². The summed E-state index contributed by atoms with van der Waals surface area (Å²) in [7, 11) is 1.64. The van der Waals surface area contributed by atoms with E-state index in [9.17, 15) is 14.0 Å². The van der Waals surface area contributed by atoms with Crippen LogP contribution >= 0.6 is 0 Å². The molecule has 154 valence electrons. The van der Waals surface area contributed by atoms with Gasteiger partial charge in [-0.25, -0.2) is 9.18 Å². The van der Waals surface area contributed by atoms with Gasteiger partial charge in [-0.3, -0.25) is 9.79 Å². The van der Waals surface area contributed by atoms with Gasteiger partial charge in [-0.05, 0) is 32.9 Å². The second-order valence-corrected chi connectivity index (χ2v) is 7.46. The van der Waals surface area contributed by atoms with Crippen molar-refractivity contribution in [2.24, 2.45) is 4.99 Å². The van der Waals surface area contributed by atoms with Crippen molar-refractivity contribution in [3.05, 3.63) is 35.6 Å². The van der Waals surface area contributed by atoms with Crippen molar-refractivity contribution in [2.45, 2.75) is 32.4 Å². The van der Waals surface area contributed by atoms with Crippen LogP contribution in [0.15, 0.2) is 29.3 Å². The van der Waals surface area contributed by atoms with Gasteiger partial charge in [0.05, 0.1) is 11.6 Å². The SMILES string of the molecule is CN=C(NCCNC(=O)c1ccccc1F)NC1CN(C(=O)OC(C)(C)C)C1. The zero-order chi connectivity index (χ0) is 20.7. The Morgan fingerprint density at radius 3 is 2.46 bits per heavy atom. The van der Waals surface area contributed by atoms with Crippen molar-refractivity contribution in [2.75, 3.05) is 33.2 Å². The van der Waals surface area contributed by atoms with E-state index < -0.39 is 17.3 Å². The highest BCUT2D eigenvalue weighted by Crippen LogP contribution is 2.15. The summed E-state index contributed by atoms with van der Waals surface area (Å²) in [6, 6.07) is 5.91. The molecule has 0 atom stereocenters. The number of benzene rings is 1. The largest absolute Gasteiger partial charge is 0.444 e. The molecule has 1 fully saturated rings. The van der Waals surface area contributed by atoms with Crippen LogP contribution in [0.5, 0.6) is 0 Å². The van der Waals surface area contributed by atoms with Gasteiger partial charge in [-0.1, -0.05) is 12.1 Å². The maximum absolute atomic E-state index is 13.6. The Hall–Kier alpha value is -2.84. The number of nitrogens with one attached hydrogen (secondary N) is 3. The van der Waals surface area contributed by atoms with E-state index in [1.807, 2.05) is 20.8 Å². The van der Waals surface area contributed by atoms with Gasteiger partial charge in [0.1, 0.15) is 11.4 Å². The lowest BCUT2D eigenvalue weighted by Crippen LogP contribution is -2.63. The zero-order valence-electron chi connectivity index (χ0n) is 16.7. The highest BCUT2D eigenvalue weighted by Gasteiger charge is 2.34. The van der Waals surface area contributed by atoms with E-state index in [-0.39, 0.29) is 17.7 Å². The molecule has 3 N–H and O–H groups in total. The highest BCUT2D eigenvalue weighted by molar-refractivity contribution is 5.94. The number of rotatable bonds is 5. The molecule has 1 aromatic rings. The van der Waals surface area contributed by atoms with E-state index >= 15 is 0 Å². The normalized spacial score (nSPS) is 14.9. The summed E-state index contributed by atoms with van der Waals surface area (Å²) >= 11 is 0. The first-order chi connectivity index (χ1) is 13.2. The molecule has 1 saturated heterocycles. The molecule has 1 aliphatic rings. The van der Waals surface area contributed by atoms with E-state index in [1.54, 1.807) is 18.0 Å². The number of guanidine groups is 1. The third-order valence-electron chi connectivity index (χ3n) is 3.92. The molecule has 0 saturated carbocycles. The molecule has 0 aromatic heterocycles. The topological polar surface area (TPSA) is 95.1 Å². The van der Waals surface area contributed by atoms with Gasteiger partial charge in [0.15, 0.2) is 5.96 Å². The summed E-state index contributed by atoms with van der Waals surface area (Å²) in [6.45, 7) is 7.27. The molecule has 8 nitrogen and oxygen atoms in total. The number of halogens is 1. The van der Waals surface area contributed by atoms with Gasteiger partial charge < -0.3 is 25.6 Å². The number of hydrogen-bond donors (Lipinski definition) is 3. The van der Waals surface area contributed by atoms with Crippen molar-refractivity contribution in [1.82, 2.24) is 20.9 Å². The molecule has 1 aromatic carbocycles. The van der Waals surface area contributed by atoms with Crippen molar-refractivity contribution >= 4 is 18.0 Å². The predicted octanol–water partition coefficient (Wildman–Crippen LogP) is 1.34. The molecule has 0 unspecified atom stereocenters. The molecular weight excluding hydrogens is 365 g/mol. The van der Waals surface area contributed by atoms with Crippen LogP contribution in [-0.4, -0.2) is 67.7 Å². The van der Waals surface area contributed by atoms with Crippen molar-refractivity contribution in [3.63, 3.8) is 0 Å². The minimum Gasteiger partial charge on any atom is -0.444 e. The fraction of sp³-hybridized carbons (Fsp3) is 0.526. The van der Waals surface area contributed by atoms with Crippen LogP contribution < -0.4 is 16.0 Å². The Morgan fingerprint density at radius 2 is 1.86 bits per heavy atom. The number of aliphatic imine (C=N–C) groups is 1. The van der Waals surface area contributed by atoms with Crippen LogP contribution in [0.1, 0.15) is 31.1 Å². The number of ether oxygens (including phenoxy) is 1.